The number of ether oxygens (including phenoxy) is 11. The molecule has 77 heavy (non-hydrogen) atoms. The first-order valence-electron chi connectivity index (χ1n) is 24.4. The fourth-order valence-electron chi connectivity index (χ4n) is 9.64. The third-order valence-corrected chi connectivity index (χ3v) is 12.9. The predicted octanol–water partition coefficient (Wildman–Crippen LogP) is 7.59. The Morgan fingerprint density at radius 2 is 1.16 bits per heavy atom. The van der Waals surface area contributed by atoms with Crippen LogP contribution in [0.2, 0.25) is 0 Å². The van der Waals surface area contributed by atoms with Gasteiger partial charge in [0.15, 0.2) is 37.2 Å². The summed E-state index contributed by atoms with van der Waals surface area (Å²) in [4.78, 5) is 67.8. The van der Waals surface area contributed by atoms with Crippen molar-refractivity contribution in [1.82, 2.24) is 4.90 Å². The minimum absolute atomic E-state index is 0.00394. The summed E-state index contributed by atoms with van der Waals surface area (Å²) in [6.45, 7) is 4.54. The van der Waals surface area contributed by atoms with Crippen LogP contribution in [0.5, 0.6) is 0 Å². The highest BCUT2D eigenvalue weighted by Crippen LogP contribution is 2.40. The third kappa shape index (κ3) is 15.7. The van der Waals surface area contributed by atoms with Gasteiger partial charge in [-0.1, -0.05) is 93.2 Å². The van der Waals surface area contributed by atoms with E-state index in [9.17, 15) is 46.8 Å². The number of hydrogen-bond donors (Lipinski definition) is 0. The molecular formula is C46H58N16O15. The molecule has 412 valence electrons. The van der Waals surface area contributed by atoms with E-state index in [2.05, 4.69) is 50.1 Å². The largest absolute Gasteiger partial charge is 0.458 e. The van der Waals surface area contributed by atoms with Crippen molar-refractivity contribution >= 4 is 24.0 Å². The summed E-state index contributed by atoms with van der Waals surface area (Å²) in [5.74, 6) is -2.58. The monoisotopic (exact) mass is 1070 g/mol. The Morgan fingerprint density at radius 1 is 0.597 bits per heavy atom. The molecule has 0 aromatic heterocycles. The molecule has 0 spiro atoms. The maximum absolute atomic E-state index is 13.8. The van der Waals surface area contributed by atoms with Crippen LogP contribution in [0.1, 0.15) is 64.5 Å². The fraction of sp³-hybridized carbons (Fsp3) is 0.652. The van der Waals surface area contributed by atoms with Crippen LogP contribution in [-0.2, 0) is 79.6 Å². The summed E-state index contributed by atoms with van der Waals surface area (Å²) >= 11 is 0. The molecule has 0 bridgehead atoms. The number of hydrogen-bond acceptors (Lipinski definition) is 20. The van der Waals surface area contributed by atoms with Crippen LogP contribution < -0.4 is 0 Å². The van der Waals surface area contributed by atoms with E-state index in [1.165, 1.54) is 12.0 Å². The summed E-state index contributed by atoms with van der Waals surface area (Å²) in [7, 11) is 1.30. The second kappa shape index (κ2) is 29.1. The lowest BCUT2D eigenvalue weighted by molar-refractivity contribution is -0.293. The molecule has 3 saturated heterocycles. The maximum atomic E-state index is 13.8. The molecule has 31 heteroatoms. The van der Waals surface area contributed by atoms with Crippen molar-refractivity contribution in [3.63, 3.8) is 0 Å². The van der Waals surface area contributed by atoms with Crippen LogP contribution in [0.4, 0.5) is 4.79 Å². The summed E-state index contributed by atoms with van der Waals surface area (Å²) < 4.78 is 67.6. The van der Waals surface area contributed by atoms with Gasteiger partial charge in [-0.25, -0.2) is 4.79 Å². The average molecular weight is 1080 g/mol. The lowest BCUT2D eigenvalue weighted by Gasteiger charge is -2.46. The first-order chi connectivity index (χ1) is 37.2. The van der Waals surface area contributed by atoms with E-state index in [0.717, 1.165) is 31.9 Å². The van der Waals surface area contributed by atoms with Crippen molar-refractivity contribution in [1.29, 1.82) is 0 Å². The van der Waals surface area contributed by atoms with Gasteiger partial charge in [0.25, 0.3) is 0 Å². The first-order valence-corrected chi connectivity index (χ1v) is 24.4. The van der Waals surface area contributed by atoms with Gasteiger partial charge in [-0.05, 0) is 64.5 Å². The van der Waals surface area contributed by atoms with Gasteiger partial charge in [-0.3, -0.25) is 14.4 Å². The second-order valence-electron chi connectivity index (χ2n) is 18.0. The van der Waals surface area contributed by atoms with Crippen LogP contribution in [0.3, 0.4) is 0 Å². The Balaban J connectivity index is 1.34. The number of methoxy groups -OCH3 is 1. The highest BCUT2D eigenvalue weighted by atomic mass is 16.8. The van der Waals surface area contributed by atoms with Crippen LogP contribution in [0.15, 0.2) is 86.2 Å². The van der Waals surface area contributed by atoms with Crippen LogP contribution in [0, 0.1) is 0 Å². The highest BCUT2D eigenvalue weighted by Gasteiger charge is 2.57. The minimum atomic E-state index is -1.70. The van der Waals surface area contributed by atoms with E-state index in [1.54, 1.807) is 6.92 Å². The molecule has 6 rings (SSSR count). The molecule has 1 aliphatic carbocycles. The second-order valence-corrected chi connectivity index (χ2v) is 18.0. The molecule has 31 nitrogen and oxygen atoms in total. The van der Waals surface area contributed by atoms with Gasteiger partial charge in [0.1, 0.15) is 31.0 Å². The maximum Gasteiger partial charge on any atom is 0.410 e. The number of esters is 3. The lowest BCUT2D eigenvalue weighted by Crippen LogP contribution is -2.62. The van der Waals surface area contributed by atoms with Crippen LogP contribution in [0.25, 0.3) is 52.2 Å². The quantitative estimate of drug-likeness (QED) is 0.0340. The molecule has 0 unspecified atom stereocenters. The number of carbonyl (C=O) groups excluding carboxylic acids is 4. The molecule has 1 amide bonds. The van der Waals surface area contributed by atoms with Gasteiger partial charge in [-0.15, -0.1) is 0 Å². The van der Waals surface area contributed by atoms with Crippen molar-refractivity contribution in [3.05, 3.63) is 124 Å². The molecule has 3 heterocycles. The predicted molar refractivity (Wildman–Crippen MR) is 261 cm³/mol. The fourth-order valence-corrected chi connectivity index (χ4v) is 9.64. The number of nitrogens with zero attached hydrogens (tertiary/aromatic N) is 16. The van der Waals surface area contributed by atoms with Crippen molar-refractivity contribution in [3.8, 4) is 0 Å². The Labute approximate surface area is 439 Å². The number of carbonyl (C=O) groups is 4. The number of rotatable bonds is 23. The van der Waals surface area contributed by atoms with Crippen LogP contribution in [-0.4, -0.2) is 153 Å². The molecule has 2 aromatic carbocycles. The summed E-state index contributed by atoms with van der Waals surface area (Å²) in [5, 5.41) is 19.3. The highest BCUT2D eigenvalue weighted by molar-refractivity contribution is 5.68. The molecule has 17 atom stereocenters. The smallest absolute Gasteiger partial charge is 0.410 e. The Bertz CT molecular complexity index is 2580. The number of benzene rings is 2. The molecule has 3 aliphatic heterocycles. The van der Waals surface area contributed by atoms with Crippen molar-refractivity contribution < 1.29 is 71.3 Å². The van der Waals surface area contributed by atoms with Gasteiger partial charge >= 0.3 is 24.0 Å². The van der Waals surface area contributed by atoms with Gasteiger partial charge in [0.05, 0.1) is 55.6 Å². The minimum Gasteiger partial charge on any atom is -0.458 e. The van der Waals surface area contributed by atoms with E-state index in [-0.39, 0.29) is 45.4 Å². The zero-order valence-electron chi connectivity index (χ0n) is 42.5. The number of amides is 1. The molecule has 0 N–H and O–H groups in total. The van der Waals surface area contributed by atoms with Gasteiger partial charge in [-0.2, -0.15) is 0 Å². The molecule has 2 aromatic rings. The molecule has 4 aliphatic rings. The zero-order valence-corrected chi connectivity index (χ0v) is 42.5. The van der Waals surface area contributed by atoms with Crippen molar-refractivity contribution in [2.45, 2.75) is 171 Å². The summed E-state index contributed by atoms with van der Waals surface area (Å²) in [5.41, 5.74) is 49.9. The molecule has 4 fully saturated rings. The van der Waals surface area contributed by atoms with E-state index in [0.29, 0.717) is 0 Å². The summed E-state index contributed by atoms with van der Waals surface area (Å²) in [6, 6.07) is 13.5. The average Bonchev–Trinajstić information content (AvgIpc) is 3.74. The Kier molecular flexibility index (Phi) is 22.1. The Hall–Kier alpha value is -7.61. The summed E-state index contributed by atoms with van der Waals surface area (Å²) in [6.07, 6.45) is -18.1. The van der Waals surface area contributed by atoms with Gasteiger partial charge in [0.2, 0.25) is 0 Å². The topological polar surface area (TPSA) is 417 Å². The third-order valence-electron chi connectivity index (χ3n) is 12.9. The lowest BCUT2D eigenvalue weighted by atomic mass is 9.84. The van der Waals surface area contributed by atoms with E-state index < -0.39 is 135 Å². The van der Waals surface area contributed by atoms with Gasteiger partial charge < -0.3 is 57.0 Å². The molecule has 0 radical (unpaired) electrons. The molecule has 1 saturated carbocycles. The SMILES string of the molecule is CC[C@H]1O[C@@H](O[C@@H]2[C@@H](OC)[C@H](N=[N+]=[N-])C[C@H](N=[N+]=[N-])[C@H]2O[C@H]2O[C@H](CN(Cc3ccccc3)C(=O)OCc3ccccc3)CC[C@H]2N=[N+]=[N-])[C@H](OC(C)=O)[C@@H]1O[C@H]1O[C@@H](CN=[N+]=[N-])[C@@H](OC(C)=O)[C@H](OC(C)=O)[C@H]1N=[N+]=[N-]. The van der Waals surface area contributed by atoms with E-state index in [4.69, 9.17) is 52.1 Å². The van der Waals surface area contributed by atoms with Gasteiger partial charge in [0, 0.05) is 59.0 Å². The Morgan fingerprint density at radius 3 is 1.75 bits per heavy atom. The van der Waals surface area contributed by atoms with E-state index >= 15 is 0 Å². The van der Waals surface area contributed by atoms with Crippen molar-refractivity contribution in [2.24, 2.45) is 25.6 Å². The number of azide groups is 5. The zero-order chi connectivity index (χ0) is 55.4. The standard InChI is InChI=1S/C46H58N16O15/c1-6-33-38(76-44-35(56-61-51)40(70-25(3)64)39(69-24(2)63)34(74-44)20-52-57-47)42(71-26(4)65)45(73-33)77-41-36(67-5)31(54-59-49)19-32(55-60-50)37(41)75-43-30(53-58-48)18-17-29(72-43)22-62(21-27-13-9-7-10-14-27)46(66)68-23-28-15-11-8-12-16-28/h7-16,29-45H,6,17-23H2,1-5H3/t29-,30+,31+,32-,33+,34-,35+,36-,37+,38+,39+,40+,41+,42+,43+,44+,45-/m0/s1. The first kappa shape index (κ1) is 58.6. The van der Waals surface area contributed by atoms with E-state index in [1.807, 2.05) is 60.7 Å². The van der Waals surface area contributed by atoms with Crippen molar-refractivity contribution in [2.75, 3.05) is 20.2 Å². The normalized spacial score (nSPS) is 31.4. The molecular weight excluding hydrogens is 1020 g/mol. The van der Waals surface area contributed by atoms with Crippen LogP contribution >= 0.6 is 0 Å².